The van der Waals surface area contributed by atoms with E-state index in [1.165, 1.54) is 44.5 Å². The average molecular weight is 346 g/mol. The molecule has 0 heterocycles. The normalized spacial score (nSPS) is 14.5. The van der Waals surface area contributed by atoms with Crippen LogP contribution in [-0.2, 0) is 5.41 Å². The summed E-state index contributed by atoms with van der Waals surface area (Å²) in [6.45, 7) is 0. The van der Waals surface area contributed by atoms with Gasteiger partial charge < -0.3 is 11.5 Å². The van der Waals surface area contributed by atoms with Gasteiger partial charge in [-0.3, -0.25) is 0 Å². The van der Waals surface area contributed by atoms with Gasteiger partial charge in [0.15, 0.2) is 0 Å². The van der Waals surface area contributed by atoms with E-state index in [1.54, 1.807) is 0 Å². The van der Waals surface area contributed by atoms with Gasteiger partial charge in [-0.15, -0.1) is 0 Å². The highest BCUT2D eigenvalue weighted by molar-refractivity contribution is 5.95. The van der Waals surface area contributed by atoms with E-state index in [2.05, 4.69) is 72.8 Å². The van der Waals surface area contributed by atoms with Crippen LogP contribution in [0.5, 0.6) is 0 Å². The van der Waals surface area contributed by atoms with Gasteiger partial charge >= 0.3 is 0 Å². The lowest BCUT2D eigenvalue weighted by Crippen LogP contribution is -2.26. The van der Waals surface area contributed by atoms with E-state index in [4.69, 9.17) is 11.5 Å². The lowest BCUT2D eigenvalue weighted by Gasteiger charge is -2.30. The molecule has 6 rings (SSSR count). The van der Waals surface area contributed by atoms with E-state index in [0.29, 0.717) is 0 Å². The van der Waals surface area contributed by atoms with Crippen molar-refractivity contribution in [2.24, 2.45) is 0 Å². The Bertz CT molecular complexity index is 1150. The van der Waals surface area contributed by atoms with Crippen LogP contribution < -0.4 is 11.5 Å². The molecule has 0 aromatic heterocycles. The van der Waals surface area contributed by atoms with Crippen LogP contribution in [0.25, 0.3) is 22.3 Å². The van der Waals surface area contributed by atoms with Gasteiger partial charge in [-0.1, -0.05) is 60.7 Å². The maximum absolute atomic E-state index is 6.26. The van der Waals surface area contributed by atoms with Crippen LogP contribution in [-0.4, -0.2) is 0 Å². The molecule has 27 heavy (non-hydrogen) atoms. The van der Waals surface area contributed by atoms with Crippen LogP contribution in [0.1, 0.15) is 22.3 Å². The lowest BCUT2D eigenvalue weighted by atomic mass is 9.70. The molecule has 0 unspecified atom stereocenters. The van der Waals surface area contributed by atoms with Crippen LogP contribution >= 0.6 is 0 Å². The molecular weight excluding hydrogens is 328 g/mol. The summed E-state index contributed by atoms with van der Waals surface area (Å²) in [5.41, 5.74) is 23.9. The standard InChI is InChI=1S/C25H18N2/c26-15-9-11-19-20-12-10-16(27)14-24(20)25(23(19)13-15)21-7-3-1-5-17(21)18-6-2-4-8-22(18)25/h1-14H,26-27H2. The molecule has 2 nitrogen and oxygen atoms in total. The molecule has 1 spiro atoms. The zero-order valence-corrected chi connectivity index (χ0v) is 14.7. The van der Waals surface area contributed by atoms with Gasteiger partial charge in [-0.2, -0.15) is 0 Å². The second-order valence-corrected chi connectivity index (χ2v) is 7.45. The Morgan fingerprint density at radius 1 is 0.444 bits per heavy atom. The Morgan fingerprint density at radius 3 is 1.33 bits per heavy atom. The van der Waals surface area contributed by atoms with Crippen molar-refractivity contribution in [3.05, 3.63) is 107 Å². The molecule has 2 aliphatic rings. The summed E-state index contributed by atoms with van der Waals surface area (Å²) in [5.74, 6) is 0. The third-order valence-electron chi connectivity index (χ3n) is 6.14. The molecule has 4 aromatic carbocycles. The van der Waals surface area contributed by atoms with Crippen molar-refractivity contribution in [3.63, 3.8) is 0 Å². The fourth-order valence-electron chi connectivity index (χ4n) is 5.17. The van der Waals surface area contributed by atoms with Gasteiger partial charge in [-0.05, 0) is 68.8 Å². The Kier molecular flexibility index (Phi) is 2.60. The maximum Gasteiger partial charge on any atom is 0.0727 e. The first-order chi connectivity index (χ1) is 13.2. The Morgan fingerprint density at radius 2 is 0.852 bits per heavy atom. The molecule has 0 fully saturated rings. The van der Waals surface area contributed by atoms with Crippen molar-refractivity contribution in [2.45, 2.75) is 5.41 Å². The van der Waals surface area contributed by atoms with Crippen molar-refractivity contribution in [3.8, 4) is 22.3 Å². The molecule has 0 saturated carbocycles. The van der Waals surface area contributed by atoms with E-state index < -0.39 is 0 Å². The van der Waals surface area contributed by atoms with Crippen LogP contribution in [0.3, 0.4) is 0 Å². The first-order valence-electron chi connectivity index (χ1n) is 9.21. The molecule has 2 aliphatic carbocycles. The quantitative estimate of drug-likeness (QED) is 0.372. The van der Waals surface area contributed by atoms with Gasteiger partial charge in [0.05, 0.1) is 5.41 Å². The zero-order valence-electron chi connectivity index (χ0n) is 14.7. The van der Waals surface area contributed by atoms with E-state index >= 15 is 0 Å². The van der Waals surface area contributed by atoms with Crippen molar-refractivity contribution in [2.75, 3.05) is 11.5 Å². The molecule has 0 amide bonds. The van der Waals surface area contributed by atoms with Gasteiger partial charge in [0, 0.05) is 11.4 Å². The summed E-state index contributed by atoms with van der Waals surface area (Å²) < 4.78 is 0. The minimum Gasteiger partial charge on any atom is -0.399 e. The summed E-state index contributed by atoms with van der Waals surface area (Å²) >= 11 is 0. The van der Waals surface area contributed by atoms with E-state index in [0.717, 1.165) is 11.4 Å². The highest BCUT2D eigenvalue weighted by atomic mass is 14.6. The molecule has 4 aromatic rings. The fourth-order valence-corrected chi connectivity index (χ4v) is 5.17. The van der Waals surface area contributed by atoms with Gasteiger partial charge in [0.1, 0.15) is 0 Å². The monoisotopic (exact) mass is 346 g/mol. The summed E-state index contributed by atoms with van der Waals surface area (Å²) in [7, 11) is 0. The number of anilines is 2. The Hall–Kier alpha value is -3.52. The number of hydrogen-bond donors (Lipinski definition) is 2. The van der Waals surface area contributed by atoms with E-state index in [9.17, 15) is 0 Å². The number of nitrogen functional groups attached to an aromatic ring is 2. The number of nitrogens with two attached hydrogens (primary N) is 2. The van der Waals surface area contributed by atoms with Gasteiger partial charge in [-0.25, -0.2) is 0 Å². The second-order valence-electron chi connectivity index (χ2n) is 7.45. The lowest BCUT2D eigenvalue weighted by molar-refractivity contribution is 0.794. The molecule has 128 valence electrons. The minimum absolute atomic E-state index is 0.359. The zero-order chi connectivity index (χ0) is 18.2. The minimum atomic E-state index is -0.359. The number of hydrogen-bond acceptors (Lipinski definition) is 2. The van der Waals surface area contributed by atoms with Crippen molar-refractivity contribution >= 4 is 11.4 Å². The second kappa shape index (κ2) is 4.80. The topological polar surface area (TPSA) is 52.0 Å². The predicted octanol–water partition coefficient (Wildman–Crippen LogP) is 5.19. The van der Waals surface area contributed by atoms with E-state index in [-0.39, 0.29) is 5.41 Å². The van der Waals surface area contributed by atoms with Crippen molar-refractivity contribution in [1.29, 1.82) is 0 Å². The summed E-state index contributed by atoms with van der Waals surface area (Å²) in [6.07, 6.45) is 0. The first kappa shape index (κ1) is 14.6. The number of rotatable bonds is 0. The smallest absolute Gasteiger partial charge is 0.0727 e. The average Bonchev–Trinajstić information content (AvgIpc) is 3.14. The van der Waals surface area contributed by atoms with Crippen LogP contribution in [0.4, 0.5) is 11.4 Å². The Balaban J connectivity index is 1.88. The van der Waals surface area contributed by atoms with Gasteiger partial charge in [0.25, 0.3) is 0 Å². The highest BCUT2D eigenvalue weighted by Crippen LogP contribution is 2.63. The van der Waals surface area contributed by atoms with Crippen LogP contribution in [0, 0.1) is 0 Å². The first-order valence-corrected chi connectivity index (χ1v) is 9.21. The maximum atomic E-state index is 6.26. The number of fused-ring (bicyclic) bond motifs is 10. The summed E-state index contributed by atoms with van der Waals surface area (Å²) in [4.78, 5) is 0. The number of benzene rings is 4. The molecule has 0 saturated heterocycles. The SMILES string of the molecule is Nc1ccc2c(c1)C1(c3ccccc3-c3ccccc31)c1cc(N)ccc1-2. The van der Waals surface area contributed by atoms with E-state index in [1.807, 2.05) is 12.1 Å². The third kappa shape index (κ3) is 1.61. The fraction of sp³-hybridized carbons (Fsp3) is 0.0400. The molecular formula is C25H18N2. The summed E-state index contributed by atoms with van der Waals surface area (Å²) in [5, 5.41) is 0. The molecule has 0 bridgehead atoms. The molecule has 2 heteroatoms. The third-order valence-corrected chi connectivity index (χ3v) is 6.14. The van der Waals surface area contributed by atoms with Crippen LogP contribution in [0.15, 0.2) is 84.9 Å². The molecule has 0 aliphatic heterocycles. The molecule has 0 radical (unpaired) electrons. The van der Waals surface area contributed by atoms with Gasteiger partial charge in [0.2, 0.25) is 0 Å². The predicted molar refractivity (Wildman–Crippen MR) is 112 cm³/mol. The highest BCUT2D eigenvalue weighted by Gasteiger charge is 2.51. The Labute approximate surface area is 158 Å². The van der Waals surface area contributed by atoms with Crippen LogP contribution in [0.2, 0.25) is 0 Å². The van der Waals surface area contributed by atoms with Crippen molar-refractivity contribution in [1.82, 2.24) is 0 Å². The summed E-state index contributed by atoms with van der Waals surface area (Å²) in [6, 6.07) is 30.0. The van der Waals surface area contributed by atoms with Crippen molar-refractivity contribution < 1.29 is 0 Å². The molecule has 4 N–H and O–H groups in total. The molecule has 0 atom stereocenters. The largest absolute Gasteiger partial charge is 0.399 e.